The monoisotopic (exact) mass is 504 g/mol. The number of hydrogen-bond donors (Lipinski definition) is 2. The van der Waals surface area contributed by atoms with Gasteiger partial charge in [0, 0.05) is 29.4 Å². The van der Waals surface area contributed by atoms with Gasteiger partial charge in [0.2, 0.25) is 0 Å². The highest BCUT2D eigenvalue weighted by Crippen LogP contribution is 2.38. The zero-order valence-corrected chi connectivity index (χ0v) is 21.1. The molecule has 36 heavy (non-hydrogen) atoms. The van der Waals surface area contributed by atoms with Crippen LogP contribution < -0.4 is 20.5 Å². The molecule has 1 aliphatic rings. The summed E-state index contributed by atoms with van der Waals surface area (Å²) in [5.41, 5.74) is 9.22. The van der Waals surface area contributed by atoms with Gasteiger partial charge in [0.25, 0.3) is 0 Å². The van der Waals surface area contributed by atoms with Crippen molar-refractivity contribution in [2.75, 3.05) is 31.8 Å². The lowest BCUT2D eigenvalue weighted by Gasteiger charge is -2.14. The molecule has 1 saturated carbocycles. The van der Waals surface area contributed by atoms with Crippen molar-refractivity contribution in [2.24, 2.45) is 5.92 Å². The third kappa shape index (κ3) is 5.61. The van der Waals surface area contributed by atoms with Crippen molar-refractivity contribution in [2.45, 2.75) is 25.5 Å². The summed E-state index contributed by atoms with van der Waals surface area (Å²) in [5, 5.41) is 4.59. The Kier molecular flexibility index (Phi) is 7.06. The van der Waals surface area contributed by atoms with Gasteiger partial charge in [0.15, 0.2) is 0 Å². The van der Waals surface area contributed by atoms with Gasteiger partial charge in [0.1, 0.15) is 30.3 Å². The fourth-order valence-electron chi connectivity index (χ4n) is 4.29. The second kappa shape index (κ2) is 10.6. The quantitative estimate of drug-likeness (QED) is 0.281. The maximum Gasteiger partial charge on any atom is 0.144 e. The normalized spacial score (nSPS) is 16.8. The molecule has 2 aromatic carbocycles. The number of fused-ring (bicyclic) bond motifs is 1. The molecule has 5 rings (SSSR count). The van der Waals surface area contributed by atoms with E-state index >= 15 is 0 Å². The van der Waals surface area contributed by atoms with Crippen LogP contribution in [0.15, 0.2) is 61.1 Å². The molecule has 3 N–H and O–H groups in total. The molecule has 0 bridgehead atoms. The smallest absolute Gasteiger partial charge is 0.144 e. The van der Waals surface area contributed by atoms with Crippen LogP contribution >= 0.6 is 11.6 Å². The van der Waals surface area contributed by atoms with Gasteiger partial charge in [-0.25, -0.2) is 9.97 Å². The summed E-state index contributed by atoms with van der Waals surface area (Å²) < 4.78 is 11.8. The first-order chi connectivity index (χ1) is 17.5. The van der Waals surface area contributed by atoms with Crippen LogP contribution in [-0.4, -0.2) is 46.6 Å². The summed E-state index contributed by atoms with van der Waals surface area (Å²) in [4.78, 5) is 15.4. The number of halogens is 1. The van der Waals surface area contributed by atoms with Gasteiger partial charge in [-0.15, -0.1) is 0 Å². The van der Waals surface area contributed by atoms with Crippen LogP contribution in [0.1, 0.15) is 18.5 Å². The van der Waals surface area contributed by atoms with Crippen molar-refractivity contribution in [3.63, 3.8) is 0 Å². The second-order valence-corrected chi connectivity index (χ2v) is 9.58. The molecule has 0 spiro atoms. The minimum absolute atomic E-state index is 0.338. The molecule has 2 aromatic heterocycles. The first-order valence-corrected chi connectivity index (χ1v) is 12.3. The third-order valence-electron chi connectivity index (χ3n) is 6.36. The van der Waals surface area contributed by atoms with E-state index in [2.05, 4.69) is 39.3 Å². The average molecular weight is 505 g/mol. The lowest BCUT2D eigenvalue weighted by Crippen LogP contribution is -2.16. The van der Waals surface area contributed by atoms with Crippen LogP contribution in [-0.2, 0) is 6.61 Å². The summed E-state index contributed by atoms with van der Waals surface area (Å²) in [6.45, 7) is 0.971. The summed E-state index contributed by atoms with van der Waals surface area (Å²) in [6, 6.07) is 15.6. The van der Waals surface area contributed by atoms with E-state index in [4.69, 9.17) is 26.8 Å². The van der Waals surface area contributed by atoms with Gasteiger partial charge in [0.05, 0.1) is 28.5 Å². The minimum atomic E-state index is 0.338. The highest BCUT2D eigenvalue weighted by Gasteiger charge is 2.38. The molecule has 1 fully saturated rings. The molecule has 0 saturated heterocycles. The number of nitrogen functional groups attached to an aromatic ring is 1. The Labute approximate surface area is 215 Å². The zero-order chi connectivity index (χ0) is 25.1. The van der Waals surface area contributed by atoms with Crippen molar-refractivity contribution >= 4 is 39.7 Å². The standard InChI is InChI=1S/C27H29ClN6O2/c1-34(2)24-11-17(24)8-10-35-26-14-23-20(13-22(26)29)27(32-16-31-23)33-18-6-7-25(21(28)12-18)36-15-19-5-3-4-9-30-19/h3-7,9,12-14,16-17,24H,8,10-11,15,29H2,1-2H3,(H,31,32,33). The van der Waals surface area contributed by atoms with Crippen LogP contribution in [0.25, 0.3) is 10.9 Å². The molecular formula is C27H29ClN6O2. The van der Waals surface area contributed by atoms with E-state index in [0.29, 0.717) is 53.2 Å². The summed E-state index contributed by atoms with van der Waals surface area (Å²) >= 11 is 6.47. The summed E-state index contributed by atoms with van der Waals surface area (Å²) in [5.74, 6) is 2.54. The van der Waals surface area contributed by atoms with Crippen LogP contribution in [0.5, 0.6) is 11.5 Å². The van der Waals surface area contributed by atoms with Crippen molar-refractivity contribution in [3.05, 3.63) is 71.8 Å². The van der Waals surface area contributed by atoms with Crippen LogP contribution in [0, 0.1) is 5.92 Å². The number of aromatic nitrogens is 3. The number of anilines is 3. The van der Waals surface area contributed by atoms with Crippen LogP contribution in [0.3, 0.4) is 0 Å². The van der Waals surface area contributed by atoms with Gasteiger partial charge in [-0.2, -0.15) is 0 Å². The van der Waals surface area contributed by atoms with E-state index in [1.807, 2.05) is 42.5 Å². The van der Waals surface area contributed by atoms with E-state index in [9.17, 15) is 0 Å². The highest BCUT2D eigenvalue weighted by atomic mass is 35.5. The molecule has 0 aliphatic heterocycles. The Balaban J connectivity index is 1.25. The van der Waals surface area contributed by atoms with Crippen molar-refractivity contribution < 1.29 is 9.47 Å². The lowest BCUT2D eigenvalue weighted by atomic mass is 10.2. The molecule has 0 radical (unpaired) electrons. The number of rotatable bonds is 10. The van der Waals surface area contributed by atoms with E-state index in [1.54, 1.807) is 12.3 Å². The van der Waals surface area contributed by atoms with Crippen LogP contribution in [0.2, 0.25) is 5.02 Å². The number of pyridine rings is 1. The molecule has 8 nitrogen and oxygen atoms in total. The molecular weight excluding hydrogens is 476 g/mol. The predicted molar refractivity (Wildman–Crippen MR) is 143 cm³/mol. The SMILES string of the molecule is CN(C)C1CC1CCOc1cc2ncnc(Nc3ccc(OCc4ccccn4)c(Cl)c3)c2cc1N. The van der Waals surface area contributed by atoms with E-state index in [-0.39, 0.29) is 0 Å². The minimum Gasteiger partial charge on any atom is -0.491 e. The van der Waals surface area contributed by atoms with Gasteiger partial charge in [-0.3, -0.25) is 4.98 Å². The van der Waals surface area contributed by atoms with Gasteiger partial charge in [-0.05, 0) is 69.3 Å². The Morgan fingerprint density at radius 2 is 1.94 bits per heavy atom. The molecule has 2 atom stereocenters. The fourth-order valence-corrected chi connectivity index (χ4v) is 4.52. The zero-order valence-electron chi connectivity index (χ0n) is 20.3. The second-order valence-electron chi connectivity index (χ2n) is 9.17. The van der Waals surface area contributed by atoms with Gasteiger partial charge in [-0.1, -0.05) is 17.7 Å². The maximum absolute atomic E-state index is 6.47. The van der Waals surface area contributed by atoms with Crippen LogP contribution in [0.4, 0.5) is 17.2 Å². The Bertz CT molecular complexity index is 1350. The first kappa shape index (κ1) is 24.1. The number of hydrogen-bond acceptors (Lipinski definition) is 8. The van der Waals surface area contributed by atoms with Gasteiger partial charge >= 0.3 is 0 Å². The fraction of sp³-hybridized carbons (Fsp3) is 0.296. The number of nitrogens with two attached hydrogens (primary N) is 1. The molecule has 186 valence electrons. The highest BCUT2D eigenvalue weighted by molar-refractivity contribution is 6.32. The van der Waals surface area contributed by atoms with Crippen molar-refractivity contribution in [1.82, 2.24) is 19.9 Å². The molecule has 4 aromatic rings. The molecule has 9 heteroatoms. The topological polar surface area (TPSA) is 98.4 Å². The molecule has 1 aliphatic carbocycles. The number of nitrogens with one attached hydrogen (secondary N) is 1. The molecule has 2 unspecified atom stereocenters. The molecule has 0 amide bonds. The van der Waals surface area contributed by atoms with E-state index in [1.165, 1.54) is 12.7 Å². The number of ether oxygens (including phenoxy) is 2. The van der Waals surface area contributed by atoms with E-state index < -0.39 is 0 Å². The lowest BCUT2D eigenvalue weighted by molar-refractivity contribution is 0.290. The number of benzene rings is 2. The largest absolute Gasteiger partial charge is 0.491 e. The van der Waals surface area contributed by atoms with E-state index in [0.717, 1.165) is 28.7 Å². The predicted octanol–water partition coefficient (Wildman–Crippen LogP) is 5.30. The Morgan fingerprint density at radius 3 is 2.69 bits per heavy atom. The van der Waals surface area contributed by atoms with Gasteiger partial charge < -0.3 is 25.4 Å². The first-order valence-electron chi connectivity index (χ1n) is 11.9. The third-order valence-corrected chi connectivity index (χ3v) is 6.65. The summed E-state index contributed by atoms with van der Waals surface area (Å²) in [6.07, 6.45) is 5.49. The maximum atomic E-state index is 6.47. The van der Waals surface area contributed by atoms with Crippen molar-refractivity contribution in [3.8, 4) is 11.5 Å². The van der Waals surface area contributed by atoms with Crippen molar-refractivity contribution in [1.29, 1.82) is 0 Å². The Morgan fingerprint density at radius 1 is 1.06 bits per heavy atom. The summed E-state index contributed by atoms with van der Waals surface area (Å²) in [7, 11) is 4.25. The molecule has 2 heterocycles. The number of nitrogens with zero attached hydrogens (tertiary/aromatic N) is 4. The average Bonchev–Trinajstić information content (AvgIpc) is 3.65. The Hall–Kier alpha value is -3.62.